The zero-order chi connectivity index (χ0) is 13.9. The Bertz CT molecular complexity index is 587. The summed E-state index contributed by atoms with van der Waals surface area (Å²) >= 11 is 0. The van der Waals surface area contributed by atoms with Crippen LogP contribution < -0.4 is 5.73 Å². The Balaban J connectivity index is 0.00000161. The van der Waals surface area contributed by atoms with Crippen molar-refractivity contribution >= 4 is 12.4 Å². The van der Waals surface area contributed by atoms with E-state index >= 15 is 0 Å². The van der Waals surface area contributed by atoms with Crippen LogP contribution in [0.3, 0.4) is 0 Å². The molecule has 0 bridgehead atoms. The molecule has 1 aliphatic rings. The summed E-state index contributed by atoms with van der Waals surface area (Å²) in [5.41, 5.74) is 8.43. The molecule has 0 spiro atoms. The number of likely N-dealkylation sites (N-methyl/N-ethyl adjacent to an activating group) is 1. The Morgan fingerprint density at radius 1 is 1.33 bits per heavy atom. The molecule has 114 valence electrons. The third kappa shape index (κ3) is 3.61. The minimum Gasteiger partial charge on any atom is -0.338 e. The Labute approximate surface area is 130 Å². The van der Waals surface area contributed by atoms with Crippen molar-refractivity contribution in [3.05, 3.63) is 47.1 Å². The lowest BCUT2D eigenvalue weighted by Crippen LogP contribution is -2.36. The summed E-state index contributed by atoms with van der Waals surface area (Å²) in [5.74, 6) is 1.22. The molecular formula is C15H21ClN4O. The van der Waals surface area contributed by atoms with Gasteiger partial charge in [0.1, 0.15) is 0 Å². The number of hydrogen-bond donors (Lipinski definition) is 1. The minimum atomic E-state index is 0. The molecule has 2 aromatic rings. The molecule has 3 rings (SSSR count). The largest absolute Gasteiger partial charge is 0.338 e. The molecule has 0 saturated heterocycles. The Morgan fingerprint density at radius 2 is 2.10 bits per heavy atom. The van der Waals surface area contributed by atoms with Crippen LogP contribution in [-0.4, -0.2) is 28.1 Å². The summed E-state index contributed by atoms with van der Waals surface area (Å²) in [6.45, 7) is 1.00. The van der Waals surface area contributed by atoms with Crippen LogP contribution in [0.25, 0.3) is 0 Å². The van der Waals surface area contributed by atoms with Crippen LogP contribution in [0.4, 0.5) is 0 Å². The number of hydrogen-bond acceptors (Lipinski definition) is 5. The third-order valence-corrected chi connectivity index (χ3v) is 4.02. The van der Waals surface area contributed by atoms with Crippen LogP contribution in [0.5, 0.6) is 0 Å². The number of rotatable bonds is 4. The predicted octanol–water partition coefficient (Wildman–Crippen LogP) is 1.94. The highest BCUT2D eigenvalue weighted by Gasteiger charge is 2.22. The zero-order valence-corrected chi connectivity index (χ0v) is 13.0. The van der Waals surface area contributed by atoms with Gasteiger partial charge in [0.25, 0.3) is 0 Å². The standard InChI is InChI=1S/C15H20N4O.ClH/c1-19(10-14-17-15(9-16)20-18-14)13-7-6-11-4-2-3-5-12(11)8-13;/h2-5,13H,6-10,16H2,1H3;1H. The molecule has 6 heteroatoms. The summed E-state index contributed by atoms with van der Waals surface area (Å²) in [4.78, 5) is 6.57. The molecule has 1 heterocycles. The van der Waals surface area contributed by atoms with E-state index in [1.54, 1.807) is 0 Å². The highest BCUT2D eigenvalue weighted by Crippen LogP contribution is 2.24. The highest BCUT2D eigenvalue weighted by molar-refractivity contribution is 5.85. The molecule has 1 aromatic carbocycles. The van der Waals surface area contributed by atoms with Crippen LogP contribution >= 0.6 is 12.4 Å². The highest BCUT2D eigenvalue weighted by atomic mass is 35.5. The van der Waals surface area contributed by atoms with Gasteiger partial charge in [-0.15, -0.1) is 12.4 Å². The van der Waals surface area contributed by atoms with Crippen LogP contribution in [0.1, 0.15) is 29.3 Å². The first-order valence-electron chi connectivity index (χ1n) is 7.05. The van der Waals surface area contributed by atoms with Crippen molar-refractivity contribution in [2.24, 2.45) is 5.73 Å². The fraction of sp³-hybridized carbons (Fsp3) is 0.467. The first-order valence-corrected chi connectivity index (χ1v) is 7.05. The van der Waals surface area contributed by atoms with E-state index < -0.39 is 0 Å². The molecule has 0 fully saturated rings. The Morgan fingerprint density at radius 3 is 2.81 bits per heavy atom. The first kappa shape index (κ1) is 15.9. The van der Waals surface area contributed by atoms with Gasteiger partial charge in [-0.3, -0.25) is 4.90 Å². The lowest BCUT2D eigenvalue weighted by Gasteiger charge is -2.31. The third-order valence-electron chi connectivity index (χ3n) is 4.02. The van der Waals surface area contributed by atoms with Gasteiger partial charge in [-0.1, -0.05) is 29.4 Å². The number of halogens is 1. The van der Waals surface area contributed by atoms with Gasteiger partial charge in [-0.2, -0.15) is 4.98 Å². The molecule has 1 aromatic heterocycles. The van der Waals surface area contributed by atoms with Crippen molar-refractivity contribution in [3.8, 4) is 0 Å². The number of fused-ring (bicyclic) bond motifs is 1. The second-order valence-electron chi connectivity index (χ2n) is 5.39. The maximum atomic E-state index is 5.48. The lowest BCUT2D eigenvalue weighted by atomic mass is 9.88. The topological polar surface area (TPSA) is 68.2 Å². The van der Waals surface area contributed by atoms with E-state index in [4.69, 9.17) is 10.3 Å². The average molecular weight is 309 g/mol. The Kier molecular flexibility index (Phi) is 5.33. The molecule has 1 unspecified atom stereocenters. The Hall–Kier alpha value is -1.43. The minimum absolute atomic E-state index is 0. The van der Waals surface area contributed by atoms with Crippen molar-refractivity contribution in [3.63, 3.8) is 0 Å². The fourth-order valence-electron chi connectivity index (χ4n) is 2.84. The van der Waals surface area contributed by atoms with Crippen LogP contribution in [0.15, 0.2) is 28.8 Å². The van der Waals surface area contributed by atoms with Gasteiger partial charge in [0.05, 0.1) is 13.1 Å². The second-order valence-corrected chi connectivity index (χ2v) is 5.39. The van der Waals surface area contributed by atoms with Gasteiger partial charge in [0.15, 0.2) is 5.82 Å². The molecule has 0 saturated carbocycles. The molecule has 5 nitrogen and oxygen atoms in total. The number of aromatic nitrogens is 2. The monoisotopic (exact) mass is 308 g/mol. The smallest absolute Gasteiger partial charge is 0.240 e. The predicted molar refractivity (Wildman–Crippen MR) is 83.2 cm³/mol. The van der Waals surface area contributed by atoms with E-state index in [1.165, 1.54) is 17.5 Å². The van der Waals surface area contributed by atoms with Gasteiger partial charge in [0, 0.05) is 6.04 Å². The van der Waals surface area contributed by atoms with Gasteiger partial charge in [-0.25, -0.2) is 0 Å². The zero-order valence-electron chi connectivity index (χ0n) is 12.2. The molecule has 1 atom stereocenters. The van der Waals surface area contributed by atoms with Crippen LogP contribution in [-0.2, 0) is 25.9 Å². The molecular weight excluding hydrogens is 288 g/mol. The van der Waals surface area contributed by atoms with Crippen molar-refractivity contribution in [2.45, 2.75) is 38.4 Å². The van der Waals surface area contributed by atoms with E-state index in [0.717, 1.165) is 12.8 Å². The summed E-state index contributed by atoms with van der Waals surface area (Å²) in [6, 6.07) is 9.24. The number of benzene rings is 1. The average Bonchev–Trinajstić information content (AvgIpc) is 2.94. The van der Waals surface area contributed by atoms with E-state index in [0.29, 0.717) is 30.8 Å². The molecule has 0 radical (unpaired) electrons. The number of nitrogens with two attached hydrogens (primary N) is 1. The van der Waals surface area contributed by atoms with Crippen LogP contribution in [0.2, 0.25) is 0 Å². The van der Waals surface area contributed by atoms with E-state index in [-0.39, 0.29) is 12.4 Å². The molecule has 1 aliphatic carbocycles. The second kappa shape index (κ2) is 7.02. The SMILES string of the molecule is CN(Cc1noc(CN)n1)C1CCc2ccccc2C1.Cl. The number of nitrogens with zero attached hydrogens (tertiary/aromatic N) is 3. The number of aryl methyl sites for hydroxylation is 1. The fourth-order valence-corrected chi connectivity index (χ4v) is 2.84. The van der Waals surface area contributed by atoms with E-state index in [1.807, 2.05) is 0 Å². The van der Waals surface area contributed by atoms with Gasteiger partial charge >= 0.3 is 0 Å². The van der Waals surface area contributed by atoms with E-state index in [9.17, 15) is 0 Å². The maximum absolute atomic E-state index is 5.48. The van der Waals surface area contributed by atoms with Crippen molar-refractivity contribution in [1.82, 2.24) is 15.0 Å². The lowest BCUT2D eigenvalue weighted by molar-refractivity contribution is 0.206. The summed E-state index contributed by atoms with van der Waals surface area (Å²) < 4.78 is 5.05. The van der Waals surface area contributed by atoms with E-state index in [2.05, 4.69) is 46.4 Å². The quantitative estimate of drug-likeness (QED) is 0.935. The molecule has 2 N–H and O–H groups in total. The van der Waals surface area contributed by atoms with Crippen molar-refractivity contribution < 1.29 is 4.52 Å². The van der Waals surface area contributed by atoms with Crippen molar-refractivity contribution in [1.29, 1.82) is 0 Å². The summed E-state index contributed by atoms with van der Waals surface area (Å²) in [6.07, 6.45) is 3.41. The van der Waals surface area contributed by atoms with Crippen molar-refractivity contribution in [2.75, 3.05) is 7.05 Å². The van der Waals surface area contributed by atoms with Gasteiger partial charge < -0.3 is 10.3 Å². The van der Waals surface area contributed by atoms with Crippen LogP contribution in [0, 0.1) is 0 Å². The van der Waals surface area contributed by atoms with Gasteiger partial charge in [0.2, 0.25) is 5.89 Å². The summed E-state index contributed by atoms with van der Waals surface area (Å²) in [5, 5.41) is 3.96. The van der Waals surface area contributed by atoms with Gasteiger partial charge in [-0.05, 0) is 37.4 Å². The molecule has 0 aliphatic heterocycles. The normalized spacial score (nSPS) is 17.4. The first-order chi connectivity index (χ1) is 9.76. The molecule has 21 heavy (non-hydrogen) atoms. The maximum Gasteiger partial charge on any atom is 0.240 e. The summed E-state index contributed by atoms with van der Waals surface area (Å²) in [7, 11) is 2.12. The molecule has 0 amide bonds.